The third-order valence-corrected chi connectivity index (χ3v) is 5.82. The molecule has 5 heteroatoms. The SMILES string of the molecule is O=C(CN1CCCC1C(=O)O)NCC1(c2ccccc2)CCCCC1. The maximum Gasteiger partial charge on any atom is 0.320 e. The van der Waals surface area contributed by atoms with Crippen LogP contribution >= 0.6 is 0 Å². The third-order valence-electron chi connectivity index (χ3n) is 5.82. The number of hydrogen-bond acceptors (Lipinski definition) is 3. The number of nitrogens with zero attached hydrogens (tertiary/aromatic N) is 1. The number of carboxylic acids is 1. The largest absolute Gasteiger partial charge is 0.480 e. The maximum absolute atomic E-state index is 12.4. The molecule has 1 amide bonds. The van der Waals surface area contributed by atoms with Crippen molar-refractivity contribution in [1.82, 2.24) is 10.2 Å². The minimum absolute atomic E-state index is 0.0202. The summed E-state index contributed by atoms with van der Waals surface area (Å²) in [5, 5.41) is 12.4. The molecule has 0 spiro atoms. The fourth-order valence-corrected chi connectivity index (χ4v) is 4.39. The van der Waals surface area contributed by atoms with Crippen molar-refractivity contribution in [3.8, 4) is 0 Å². The minimum atomic E-state index is -0.821. The van der Waals surface area contributed by atoms with Crippen molar-refractivity contribution < 1.29 is 14.7 Å². The van der Waals surface area contributed by atoms with Gasteiger partial charge >= 0.3 is 5.97 Å². The molecule has 136 valence electrons. The topological polar surface area (TPSA) is 69.6 Å². The average Bonchev–Trinajstić information content (AvgIpc) is 3.10. The second-order valence-corrected chi connectivity index (χ2v) is 7.45. The highest BCUT2D eigenvalue weighted by molar-refractivity contribution is 5.80. The Morgan fingerprint density at radius 1 is 1.12 bits per heavy atom. The van der Waals surface area contributed by atoms with Crippen molar-refractivity contribution in [2.24, 2.45) is 0 Å². The molecule has 1 aliphatic carbocycles. The smallest absolute Gasteiger partial charge is 0.320 e. The summed E-state index contributed by atoms with van der Waals surface area (Å²) in [4.78, 5) is 25.5. The van der Waals surface area contributed by atoms with Gasteiger partial charge in [0.15, 0.2) is 0 Å². The number of rotatable bonds is 6. The number of aliphatic carboxylic acids is 1. The van der Waals surface area contributed by atoms with Crippen molar-refractivity contribution in [2.75, 3.05) is 19.6 Å². The van der Waals surface area contributed by atoms with Crippen molar-refractivity contribution in [1.29, 1.82) is 0 Å². The van der Waals surface area contributed by atoms with Crippen LogP contribution in [0.4, 0.5) is 0 Å². The number of hydrogen-bond donors (Lipinski definition) is 2. The van der Waals surface area contributed by atoms with Crippen LogP contribution in [0.2, 0.25) is 0 Å². The van der Waals surface area contributed by atoms with Gasteiger partial charge in [-0.25, -0.2) is 0 Å². The molecule has 0 aromatic heterocycles. The molecule has 1 saturated heterocycles. The summed E-state index contributed by atoms with van der Waals surface area (Å²) in [5.74, 6) is -0.882. The molecule has 2 N–H and O–H groups in total. The summed E-state index contributed by atoms with van der Waals surface area (Å²) >= 11 is 0. The van der Waals surface area contributed by atoms with Gasteiger partial charge in [-0.15, -0.1) is 0 Å². The van der Waals surface area contributed by atoms with Crippen LogP contribution in [0.15, 0.2) is 30.3 Å². The lowest BCUT2D eigenvalue weighted by Gasteiger charge is -2.38. The number of nitrogens with one attached hydrogen (secondary N) is 1. The van der Waals surface area contributed by atoms with Crippen LogP contribution in [-0.2, 0) is 15.0 Å². The van der Waals surface area contributed by atoms with Gasteiger partial charge in [0.2, 0.25) is 5.91 Å². The highest BCUT2D eigenvalue weighted by Crippen LogP contribution is 2.38. The Bertz CT molecular complexity index is 596. The summed E-state index contributed by atoms with van der Waals surface area (Å²) in [5.41, 5.74) is 1.33. The summed E-state index contributed by atoms with van der Waals surface area (Å²) in [6.07, 6.45) is 7.32. The number of amides is 1. The van der Waals surface area contributed by atoms with Gasteiger partial charge in [-0.3, -0.25) is 14.5 Å². The molecule has 0 bridgehead atoms. The van der Waals surface area contributed by atoms with Crippen LogP contribution in [0.5, 0.6) is 0 Å². The zero-order chi connectivity index (χ0) is 17.7. The van der Waals surface area contributed by atoms with Crippen LogP contribution in [0.25, 0.3) is 0 Å². The Hall–Kier alpha value is -1.88. The van der Waals surface area contributed by atoms with Crippen molar-refractivity contribution in [2.45, 2.75) is 56.4 Å². The van der Waals surface area contributed by atoms with E-state index in [0.29, 0.717) is 19.5 Å². The molecule has 1 heterocycles. The van der Waals surface area contributed by atoms with E-state index in [1.54, 1.807) is 4.90 Å². The first-order valence-corrected chi connectivity index (χ1v) is 9.40. The zero-order valence-electron chi connectivity index (χ0n) is 14.7. The average molecular weight is 344 g/mol. The Kier molecular flexibility index (Phi) is 5.74. The summed E-state index contributed by atoms with van der Waals surface area (Å²) < 4.78 is 0. The first kappa shape index (κ1) is 17.9. The number of benzene rings is 1. The van der Waals surface area contributed by atoms with Gasteiger partial charge < -0.3 is 10.4 Å². The lowest BCUT2D eigenvalue weighted by atomic mass is 9.69. The molecule has 1 atom stereocenters. The first-order chi connectivity index (χ1) is 12.1. The molecule has 1 aromatic rings. The highest BCUT2D eigenvalue weighted by atomic mass is 16.4. The number of likely N-dealkylation sites (tertiary alicyclic amines) is 1. The van der Waals surface area contributed by atoms with E-state index in [-0.39, 0.29) is 17.9 Å². The van der Waals surface area contributed by atoms with E-state index < -0.39 is 12.0 Å². The number of carboxylic acid groups (broad SMARTS) is 1. The molecule has 1 saturated carbocycles. The van der Waals surface area contributed by atoms with Crippen LogP contribution in [-0.4, -0.2) is 47.6 Å². The van der Waals surface area contributed by atoms with Gasteiger partial charge in [-0.1, -0.05) is 49.6 Å². The molecule has 2 aliphatic rings. The van der Waals surface area contributed by atoms with E-state index in [2.05, 4.69) is 29.6 Å². The summed E-state index contributed by atoms with van der Waals surface area (Å²) in [7, 11) is 0. The van der Waals surface area contributed by atoms with E-state index in [1.807, 2.05) is 6.07 Å². The van der Waals surface area contributed by atoms with Gasteiger partial charge in [0.05, 0.1) is 6.54 Å². The second kappa shape index (κ2) is 8.00. The van der Waals surface area contributed by atoms with Gasteiger partial charge in [-0.05, 0) is 37.8 Å². The highest BCUT2D eigenvalue weighted by Gasteiger charge is 2.35. The number of carbonyl (C=O) groups is 2. The molecule has 1 unspecified atom stereocenters. The van der Waals surface area contributed by atoms with Crippen molar-refractivity contribution in [3.63, 3.8) is 0 Å². The van der Waals surface area contributed by atoms with Crippen molar-refractivity contribution in [3.05, 3.63) is 35.9 Å². The predicted octanol–water partition coefficient (Wildman–Crippen LogP) is 2.55. The monoisotopic (exact) mass is 344 g/mol. The van der Waals surface area contributed by atoms with E-state index in [1.165, 1.54) is 24.8 Å². The molecule has 1 aromatic carbocycles. The molecule has 5 nitrogen and oxygen atoms in total. The zero-order valence-corrected chi connectivity index (χ0v) is 14.7. The van der Waals surface area contributed by atoms with E-state index in [0.717, 1.165) is 19.3 Å². The fourth-order valence-electron chi connectivity index (χ4n) is 4.39. The second-order valence-electron chi connectivity index (χ2n) is 7.45. The molecule has 0 radical (unpaired) electrons. The maximum atomic E-state index is 12.4. The van der Waals surface area contributed by atoms with Crippen LogP contribution in [0.1, 0.15) is 50.5 Å². The van der Waals surface area contributed by atoms with E-state index in [9.17, 15) is 14.7 Å². The Balaban J connectivity index is 1.61. The quantitative estimate of drug-likeness (QED) is 0.832. The van der Waals surface area contributed by atoms with Crippen LogP contribution in [0, 0.1) is 0 Å². The standard InChI is InChI=1S/C20H28N2O3/c23-18(14-22-13-7-10-17(22)19(24)25)21-15-20(11-5-2-6-12-20)16-8-3-1-4-9-16/h1,3-4,8-9,17H,2,5-7,10-15H2,(H,21,23)(H,24,25). The molecule has 25 heavy (non-hydrogen) atoms. The first-order valence-electron chi connectivity index (χ1n) is 9.40. The minimum Gasteiger partial charge on any atom is -0.480 e. The number of carbonyl (C=O) groups excluding carboxylic acids is 1. The molecule has 2 fully saturated rings. The molecular formula is C20H28N2O3. The van der Waals surface area contributed by atoms with Crippen LogP contribution < -0.4 is 5.32 Å². The Labute approximate surface area is 149 Å². The molecule has 3 rings (SSSR count). The third kappa shape index (κ3) is 4.21. The van der Waals surface area contributed by atoms with E-state index >= 15 is 0 Å². The van der Waals surface area contributed by atoms with Gasteiger partial charge in [-0.2, -0.15) is 0 Å². The lowest BCUT2D eigenvalue weighted by molar-refractivity contribution is -0.142. The van der Waals surface area contributed by atoms with Gasteiger partial charge in [0, 0.05) is 12.0 Å². The Morgan fingerprint density at radius 2 is 1.84 bits per heavy atom. The van der Waals surface area contributed by atoms with Gasteiger partial charge in [0.25, 0.3) is 0 Å². The molecule has 1 aliphatic heterocycles. The predicted molar refractivity (Wildman–Crippen MR) is 96.4 cm³/mol. The fraction of sp³-hybridized carbons (Fsp3) is 0.600. The van der Waals surface area contributed by atoms with Gasteiger partial charge in [0.1, 0.15) is 6.04 Å². The normalized spacial score (nSPS) is 23.3. The van der Waals surface area contributed by atoms with Crippen LogP contribution in [0.3, 0.4) is 0 Å². The van der Waals surface area contributed by atoms with E-state index in [4.69, 9.17) is 0 Å². The van der Waals surface area contributed by atoms with Crippen molar-refractivity contribution >= 4 is 11.9 Å². The lowest BCUT2D eigenvalue weighted by Crippen LogP contribution is -2.47. The summed E-state index contributed by atoms with van der Waals surface area (Å²) in [6.45, 7) is 1.51. The summed E-state index contributed by atoms with van der Waals surface area (Å²) in [6, 6.07) is 9.97. The molecular weight excluding hydrogens is 316 g/mol. The Morgan fingerprint density at radius 3 is 2.52 bits per heavy atom.